The van der Waals surface area contributed by atoms with Crippen LogP contribution in [0.5, 0.6) is 0 Å². The molecule has 2 aromatic rings. The Balaban J connectivity index is 2.67. The van der Waals surface area contributed by atoms with Crippen LogP contribution < -0.4 is 0 Å². The lowest BCUT2D eigenvalue weighted by molar-refractivity contribution is 0.582. The topological polar surface area (TPSA) is 64.8 Å². The molecule has 0 saturated carbocycles. The standard InChI is InChI=1S/C12H14ClN3O2S/c1-4-16-11(14-15-12(16)19(13,17)18)10-6-5-8(2)7-9(10)3/h5-7H,4H2,1-3H3. The molecule has 0 aliphatic carbocycles. The molecule has 5 nitrogen and oxygen atoms in total. The maximum atomic E-state index is 11.4. The first-order valence-electron chi connectivity index (χ1n) is 5.80. The maximum Gasteiger partial charge on any atom is 0.296 e. The van der Waals surface area contributed by atoms with Crippen molar-refractivity contribution in [2.45, 2.75) is 32.5 Å². The lowest BCUT2D eigenvalue weighted by atomic mass is 10.1. The van der Waals surface area contributed by atoms with Crippen molar-refractivity contribution in [3.8, 4) is 11.4 Å². The van der Waals surface area contributed by atoms with Crippen molar-refractivity contribution in [3.63, 3.8) is 0 Å². The fraction of sp³-hybridized carbons (Fsp3) is 0.333. The van der Waals surface area contributed by atoms with Gasteiger partial charge in [0.1, 0.15) is 0 Å². The Morgan fingerprint density at radius 1 is 1.26 bits per heavy atom. The largest absolute Gasteiger partial charge is 0.297 e. The first kappa shape index (κ1) is 14.0. The van der Waals surface area contributed by atoms with Crippen molar-refractivity contribution >= 4 is 19.7 Å². The number of aryl methyl sites for hydroxylation is 2. The molecule has 102 valence electrons. The van der Waals surface area contributed by atoms with Crippen LogP contribution in [0.1, 0.15) is 18.1 Å². The first-order chi connectivity index (χ1) is 8.84. The fourth-order valence-electron chi connectivity index (χ4n) is 2.02. The molecule has 19 heavy (non-hydrogen) atoms. The summed E-state index contributed by atoms with van der Waals surface area (Å²) in [5.41, 5.74) is 3.00. The summed E-state index contributed by atoms with van der Waals surface area (Å²) in [6, 6.07) is 5.87. The molecule has 1 aromatic heterocycles. The fourth-order valence-corrected chi connectivity index (χ4v) is 2.98. The lowest BCUT2D eigenvalue weighted by Gasteiger charge is -2.08. The average Bonchev–Trinajstić information content (AvgIpc) is 2.72. The number of aromatic nitrogens is 3. The zero-order chi connectivity index (χ0) is 14.2. The number of rotatable bonds is 3. The summed E-state index contributed by atoms with van der Waals surface area (Å²) in [5, 5.41) is 7.44. The zero-order valence-electron chi connectivity index (χ0n) is 10.9. The van der Waals surface area contributed by atoms with E-state index in [1.165, 1.54) is 4.57 Å². The molecule has 0 radical (unpaired) electrons. The van der Waals surface area contributed by atoms with Crippen LogP contribution in [0.3, 0.4) is 0 Å². The average molecular weight is 300 g/mol. The molecular weight excluding hydrogens is 286 g/mol. The molecule has 0 N–H and O–H groups in total. The molecule has 0 aliphatic heterocycles. The van der Waals surface area contributed by atoms with Gasteiger partial charge in [0.15, 0.2) is 5.82 Å². The minimum absolute atomic E-state index is 0.216. The van der Waals surface area contributed by atoms with Crippen LogP contribution in [0.2, 0.25) is 0 Å². The summed E-state index contributed by atoms with van der Waals surface area (Å²) < 4.78 is 24.4. The normalized spacial score (nSPS) is 11.8. The summed E-state index contributed by atoms with van der Waals surface area (Å²) in [6.07, 6.45) is 0. The molecule has 1 aromatic carbocycles. The van der Waals surface area contributed by atoms with E-state index in [1.54, 1.807) is 0 Å². The molecule has 2 rings (SSSR count). The van der Waals surface area contributed by atoms with Gasteiger partial charge in [0.2, 0.25) is 0 Å². The first-order valence-corrected chi connectivity index (χ1v) is 8.11. The van der Waals surface area contributed by atoms with Gasteiger partial charge < -0.3 is 0 Å². The van der Waals surface area contributed by atoms with E-state index < -0.39 is 9.05 Å². The van der Waals surface area contributed by atoms with Gasteiger partial charge in [-0.25, -0.2) is 8.42 Å². The van der Waals surface area contributed by atoms with Gasteiger partial charge in [-0.3, -0.25) is 4.57 Å². The van der Waals surface area contributed by atoms with Crippen LogP contribution >= 0.6 is 10.7 Å². The number of halogens is 1. The highest BCUT2D eigenvalue weighted by Gasteiger charge is 2.22. The Morgan fingerprint density at radius 2 is 1.95 bits per heavy atom. The van der Waals surface area contributed by atoms with Crippen LogP contribution in [0.4, 0.5) is 0 Å². The van der Waals surface area contributed by atoms with E-state index in [-0.39, 0.29) is 5.16 Å². The van der Waals surface area contributed by atoms with Crippen LogP contribution in [-0.2, 0) is 15.6 Å². The maximum absolute atomic E-state index is 11.4. The molecule has 0 unspecified atom stereocenters. The van der Waals surface area contributed by atoms with Crippen molar-refractivity contribution in [3.05, 3.63) is 29.3 Å². The van der Waals surface area contributed by atoms with Gasteiger partial charge >= 0.3 is 0 Å². The molecule has 0 saturated heterocycles. The summed E-state index contributed by atoms with van der Waals surface area (Å²) in [7, 11) is 1.46. The quantitative estimate of drug-likeness (QED) is 0.817. The third kappa shape index (κ3) is 2.64. The monoisotopic (exact) mass is 299 g/mol. The molecule has 0 fully saturated rings. The highest BCUT2D eigenvalue weighted by Crippen LogP contribution is 2.25. The van der Waals surface area contributed by atoms with Gasteiger partial charge in [-0.15, -0.1) is 10.2 Å². The predicted octanol–water partition coefficient (Wildman–Crippen LogP) is 2.51. The Hall–Kier alpha value is -1.40. The van der Waals surface area contributed by atoms with Gasteiger partial charge in [0, 0.05) is 22.8 Å². The number of benzene rings is 1. The van der Waals surface area contributed by atoms with E-state index in [0.29, 0.717) is 12.4 Å². The van der Waals surface area contributed by atoms with Crippen LogP contribution in [0.25, 0.3) is 11.4 Å². The molecule has 0 spiro atoms. The van der Waals surface area contributed by atoms with E-state index in [2.05, 4.69) is 10.2 Å². The highest BCUT2D eigenvalue weighted by molar-refractivity contribution is 8.13. The van der Waals surface area contributed by atoms with Gasteiger partial charge in [-0.2, -0.15) is 0 Å². The minimum Gasteiger partial charge on any atom is -0.297 e. The van der Waals surface area contributed by atoms with E-state index in [4.69, 9.17) is 10.7 Å². The third-order valence-electron chi connectivity index (χ3n) is 2.87. The molecule has 1 heterocycles. The Labute approximate surface area is 116 Å². The Kier molecular flexibility index (Phi) is 3.64. The second-order valence-electron chi connectivity index (χ2n) is 4.31. The van der Waals surface area contributed by atoms with E-state index in [0.717, 1.165) is 16.7 Å². The van der Waals surface area contributed by atoms with E-state index in [9.17, 15) is 8.42 Å². The van der Waals surface area contributed by atoms with Crippen LogP contribution in [0, 0.1) is 13.8 Å². The molecule has 0 aliphatic rings. The van der Waals surface area contributed by atoms with Gasteiger partial charge in [0.05, 0.1) is 0 Å². The Bertz CT molecular complexity index is 723. The van der Waals surface area contributed by atoms with Crippen molar-refractivity contribution in [2.24, 2.45) is 0 Å². The van der Waals surface area contributed by atoms with Crippen molar-refractivity contribution in [1.29, 1.82) is 0 Å². The summed E-state index contributed by atoms with van der Waals surface area (Å²) in [6.45, 7) is 6.20. The summed E-state index contributed by atoms with van der Waals surface area (Å²) >= 11 is 0. The predicted molar refractivity (Wildman–Crippen MR) is 73.6 cm³/mol. The summed E-state index contributed by atoms with van der Waals surface area (Å²) in [4.78, 5) is 0. The van der Waals surface area contributed by atoms with Crippen molar-refractivity contribution in [2.75, 3.05) is 0 Å². The zero-order valence-corrected chi connectivity index (χ0v) is 12.5. The van der Waals surface area contributed by atoms with Crippen molar-refractivity contribution in [1.82, 2.24) is 14.8 Å². The molecule has 7 heteroatoms. The Morgan fingerprint density at radius 3 is 2.47 bits per heavy atom. The molecule has 0 atom stereocenters. The van der Waals surface area contributed by atoms with Gasteiger partial charge in [-0.05, 0) is 26.3 Å². The third-order valence-corrected chi connectivity index (χ3v) is 4.03. The lowest BCUT2D eigenvalue weighted by Crippen LogP contribution is -2.06. The number of nitrogens with zero attached hydrogens (tertiary/aromatic N) is 3. The molecular formula is C12H14ClN3O2S. The summed E-state index contributed by atoms with van der Waals surface area (Å²) in [5.74, 6) is 0.513. The second-order valence-corrected chi connectivity index (χ2v) is 6.77. The number of hydrogen-bond donors (Lipinski definition) is 0. The second kappa shape index (κ2) is 4.94. The smallest absolute Gasteiger partial charge is 0.296 e. The molecule has 0 amide bonds. The van der Waals surface area contributed by atoms with Crippen LogP contribution in [0.15, 0.2) is 23.4 Å². The van der Waals surface area contributed by atoms with Crippen molar-refractivity contribution < 1.29 is 8.42 Å². The minimum atomic E-state index is -3.89. The van der Waals surface area contributed by atoms with Crippen LogP contribution in [-0.4, -0.2) is 23.2 Å². The SMILES string of the molecule is CCn1c(-c2ccc(C)cc2C)nnc1S(=O)(=O)Cl. The molecule has 0 bridgehead atoms. The number of hydrogen-bond acceptors (Lipinski definition) is 4. The highest BCUT2D eigenvalue weighted by atomic mass is 35.7. The van der Waals surface area contributed by atoms with E-state index in [1.807, 2.05) is 39.0 Å². The van der Waals surface area contributed by atoms with E-state index >= 15 is 0 Å². The van der Waals surface area contributed by atoms with Gasteiger partial charge in [-0.1, -0.05) is 23.8 Å². The van der Waals surface area contributed by atoms with Gasteiger partial charge in [0.25, 0.3) is 14.2 Å².